The molecule has 0 aromatic carbocycles. The number of hydrogen-bond acceptors (Lipinski definition) is 3. The number of nitrogens with zero attached hydrogens (tertiary/aromatic N) is 2. The fourth-order valence-electron chi connectivity index (χ4n) is 1.97. The summed E-state index contributed by atoms with van der Waals surface area (Å²) in [6, 6.07) is 4.83. The molecule has 1 aromatic rings. The number of hydrogen-bond donors (Lipinski definition) is 1. The molecule has 1 N–H and O–H groups in total. The molecular formula is C11H17N3. The molecule has 2 heterocycles. The molecule has 0 spiro atoms. The summed E-state index contributed by atoms with van der Waals surface area (Å²) in [5.41, 5.74) is 1.25. The van der Waals surface area contributed by atoms with Crippen LogP contribution in [0.15, 0.2) is 24.5 Å². The second kappa shape index (κ2) is 4.42. The molecule has 0 radical (unpaired) electrons. The maximum Gasteiger partial charge on any atom is 0.0552 e. The average molecular weight is 191 g/mol. The molecule has 0 bridgehead atoms. The third-order valence-corrected chi connectivity index (χ3v) is 2.91. The zero-order valence-electron chi connectivity index (χ0n) is 8.61. The first-order valence-electron chi connectivity index (χ1n) is 5.22. The van der Waals surface area contributed by atoms with E-state index < -0.39 is 0 Å². The van der Waals surface area contributed by atoms with Crippen molar-refractivity contribution in [3.8, 4) is 0 Å². The van der Waals surface area contributed by atoms with Crippen LogP contribution >= 0.6 is 0 Å². The van der Waals surface area contributed by atoms with Gasteiger partial charge >= 0.3 is 0 Å². The Bertz CT molecular complexity index is 265. The van der Waals surface area contributed by atoms with Crippen LogP contribution in [0.3, 0.4) is 0 Å². The molecule has 0 atom stereocenters. The first kappa shape index (κ1) is 9.46. The Morgan fingerprint density at radius 1 is 1.43 bits per heavy atom. The van der Waals surface area contributed by atoms with Crippen LogP contribution in [0.1, 0.15) is 12.8 Å². The van der Waals surface area contributed by atoms with E-state index in [9.17, 15) is 0 Å². The summed E-state index contributed by atoms with van der Waals surface area (Å²) in [7, 11) is 2.05. The van der Waals surface area contributed by atoms with Crippen molar-refractivity contribution in [1.29, 1.82) is 0 Å². The van der Waals surface area contributed by atoms with Gasteiger partial charge in [-0.05, 0) is 32.0 Å². The van der Waals surface area contributed by atoms with Crippen LogP contribution in [0.25, 0.3) is 0 Å². The van der Waals surface area contributed by atoms with Crippen molar-refractivity contribution >= 4 is 5.69 Å². The third-order valence-electron chi connectivity index (χ3n) is 2.91. The topological polar surface area (TPSA) is 28.2 Å². The Hall–Kier alpha value is -1.09. The average Bonchev–Trinajstić information content (AvgIpc) is 2.30. The Labute approximate surface area is 85.1 Å². The number of nitrogens with one attached hydrogen (secondary N) is 1. The maximum absolute atomic E-state index is 4.14. The molecule has 14 heavy (non-hydrogen) atoms. The summed E-state index contributed by atoms with van der Waals surface area (Å²) in [5, 5.41) is 3.33. The van der Waals surface area contributed by atoms with Crippen molar-refractivity contribution in [2.24, 2.45) is 0 Å². The Balaban J connectivity index is 1.96. The summed E-state index contributed by atoms with van der Waals surface area (Å²) in [6.07, 6.45) is 6.22. The zero-order valence-corrected chi connectivity index (χ0v) is 8.61. The van der Waals surface area contributed by atoms with Crippen molar-refractivity contribution in [2.45, 2.75) is 18.9 Å². The van der Waals surface area contributed by atoms with Crippen molar-refractivity contribution in [3.63, 3.8) is 0 Å². The second-order valence-electron chi connectivity index (χ2n) is 3.76. The van der Waals surface area contributed by atoms with Crippen LogP contribution in [0, 0.1) is 0 Å². The lowest BCUT2D eigenvalue weighted by Crippen LogP contribution is -2.41. The summed E-state index contributed by atoms with van der Waals surface area (Å²) in [6.45, 7) is 2.27. The van der Waals surface area contributed by atoms with E-state index in [2.05, 4.69) is 21.3 Å². The maximum atomic E-state index is 4.14. The minimum absolute atomic E-state index is 0.697. The monoisotopic (exact) mass is 191 g/mol. The lowest BCUT2D eigenvalue weighted by atomic mass is 10.1. The summed E-state index contributed by atoms with van der Waals surface area (Å²) in [4.78, 5) is 6.55. The number of rotatable bonds is 2. The zero-order chi connectivity index (χ0) is 9.80. The summed E-state index contributed by atoms with van der Waals surface area (Å²) in [5.74, 6) is 0. The van der Waals surface area contributed by atoms with Gasteiger partial charge in [-0.25, -0.2) is 0 Å². The third kappa shape index (κ3) is 2.04. The highest BCUT2D eigenvalue weighted by molar-refractivity contribution is 5.43. The van der Waals surface area contributed by atoms with E-state index in [0.717, 1.165) is 13.1 Å². The lowest BCUT2D eigenvalue weighted by molar-refractivity contribution is 0.442. The van der Waals surface area contributed by atoms with E-state index >= 15 is 0 Å². The summed E-state index contributed by atoms with van der Waals surface area (Å²) >= 11 is 0. The van der Waals surface area contributed by atoms with Crippen LogP contribution in [-0.4, -0.2) is 31.2 Å². The molecule has 0 unspecified atom stereocenters. The molecule has 3 heteroatoms. The minimum atomic E-state index is 0.697. The molecule has 3 nitrogen and oxygen atoms in total. The molecular weight excluding hydrogens is 174 g/mol. The van der Waals surface area contributed by atoms with Gasteiger partial charge in [-0.1, -0.05) is 0 Å². The van der Waals surface area contributed by atoms with Crippen LogP contribution < -0.4 is 10.2 Å². The van der Waals surface area contributed by atoms with Crippen LogP contribution in [0.2, 0.25) is 0 Å². The molecule has 1 aliphatic heterocycles. The molecule has 2 rings (SSSR count). The number of anilines is 1. The fraction of sp³-hybridized carbons (Fsp3) is 0.545. The van der Waals surface area contributed by atoms with Gasteiger partial charge in [0.2, 0.25) is 0 Å². The van der Waals surface area contributed by atoms with E-state index in [1.165, 1.54) is 18.5 Å². The Morgan fingerprint density at radius 3 is 2.79 bits per heavy atom. The molecule has 0 amide bonds. The van der Waals surface area contributed by atoms with E-state index in [4.69, 9.17) is 0 Å². The molecule has 1 saturated heterocycles. The number of aromatic nitrogens is 1. The largest absolute Gasteiger partial charge is 0.370 e. The lowest BCUT2D eigenvalue weighted by Gasteiger charge is -2.33. The standard InChI is InChI=1S/C11H17N3/c1-12-10-4-7-14(8-5-10)11-3-2-6-13-9-11/h2-3,6,9-10,12H,4-5,7-8H2,1H3. The molecule has 0 aliphatic carbocycles. The second-order valence-corrected chi connectivity index (χ2v) is 3.76. The molecule has 1 aromatic heterocycles. The molecule has 76 valence electrons. The van der Waals surface area contributed by atoms with Gasteiger partial charge in [-0.2, -0.15) is 0 Å². The first-order valence-corrected chi connectivity index (χ1v) is 5.22. The van der Waals surface area contributed by atoms with Gasteiger partial charge in [-0.3, -0.25) is 4.98 Å². The van der Waals surface area contributed by atoms with E-state index in [1.807, 2.05) is 25.5 Å². The van der Waals surface area contributed by atoms with Gasteiger partial charge in [0.05, 0.1) is 11.9 Å². The van der Waals surface area contributed by atoms with Crippen LogP contribution in [0.4, 0.5) is 5.69 Å². The predicted octanol–water partition coefficient (Wildman–Crippen LogP) is 1.27. The van der Waals surface area contributed by atoms with Gasteiger partial charge in [0.25, 0.3) is 0 Å². The van der Waals surface area contributed by atoms with E-state index in [0.29, 0.717) is 6.04 Å². The summed E-state index contributed by atoms with van der Waals surface area (Å²) < 4.78 is 0. The van der Waals surface area contributed by atoms with Crippen LogP contribution in [0.5, 0.6) is 0 Å². The van der Waals surface area contributed by atoms with Crippen molar-refractivity contribution < 1.29 is 0 Å². The SMILES string of the molecule is CNC1CCN(c2cccnc2)CC1. The smallest absolute Gasteiger partial charge is 0.0552 e. The van der Waals surface area contributed by atoms with Gasteiger partial charge < -0.3 is 10.2 Å². The minimum Gasteiger partial charge on any atom is -0.370 e. The predicted molar refractivity (Wildman–Crippen MR) is 58.5 cm³/mol. The van der Waals surface area contributed by atoms with Crippen molar-refractivity contribution in [2.75, 3.05) is 25.0 Å². The van der Waals surface area contributed by atoms with Gasteiger partial charge in [0.15, 0.2) is 0 Å². The highest BCUT2D eigenvalue weighted by atomic mass is 15.1. The van der Waals surface area contributed by atoms with Gasteiger partial charge in [-0.15, -0.1) is 0 Å². The highest BCUT2D eigenvalue weighted by Gasteiger charge is 2.17. The Kier molecular flexibility index (Phi) is 2.99. The van der Waals surface area contributed by atoms with Crippen molar-refractivity contribution in [1.82, 2.24) is 10.3 Å². The van der Waals surface area contributed by atoms with Gasteiger partial charge in [0, 0.05) is 25.3 Å². The van der Waals surface area contributed by atoms with E-state index in [1.54, 1.807) is 0 Å². The highest BCUT2D eigenvalue weighted by Crippen LogP contribution is 2.18. The number of pyridine rings is 1. The van der Waals surface area contributed by atoms with Crippen LogP contribution in [-0.2, 0) is 0 Å². The van der Waals surface area contributed by atoms with E-state index in [-0.39, 0.29) is 0 Å². The van der Waals surface area contributed by atoms with Gasteiger partial charge in [0.1, 0.15) is 0 Å². The quantitative estimate of drug-likeness (QED) is 0.763. The molecule has 1 aliphatic rings. The number of piperidine rings is 1. The normalized spacial score (nSPS) is 18.5. The molecule has 0 saturated carbocycles. The fourth-order valence-corrected chi connectivity index (χ4v) is 1.97. The van der Waals surface area contributed by atoms with Crippen molar-refractivity contribution in [3.05, 3.63) is 24.5 Å². The first-order chi connectivity index (χ1) is 6.90. The molecule has 1 fully saturated rings. The Morgan fingerprint density at radius 2 is 2.21 bits per heavy atom.